The van der Waals surface area contributed by atoms with Crippen LogP contribution in [0.2, 0.25) is 10.0 Å². The number of amides is 1. The third-order valence-corrected chi connectivity index (χ3v) is 6.07. The van der Waals surface area contributed by atoms with Crippen molar-refractivity contribution in [1.29, 1.82) is 0 Å². The highest BCUT2D eigenvalue weighted by atomic mass is 35.5. The lowest BCUT2D eigenvalue weighted by atomic mass is 9.98. The number of pyridine rings is 2. The highest BCUT2D eigenvalue weighted by molar-refractivity contribution is 6.34. The summed E-state index contributed by atoms with van der Waals surface area (Å²) in [6.45, 7) is 1.78. The number of hydrogen-bond acceptors (Lipinski definition) is 3. The Balaban J connectivity index is 1.99. The average Bonchev–Trinajstić information content (AvgIpc) is 2.81. The van der Waals surface area contributed by atoms with Gasteiger partial charge in [-0.25, -0.2) is 4.39 Å². The number of hydrogen-bond donors (Lipinski definition) is 0. The molecule has 0 aliphatic heterocycles. The summed E-state index contributed by atoms with van der Waals surface area (Å²) in [5.41, 5.74) is 1.77. The van der Waals surface area contributed by atoms with Crippen molar-refractivity contribution in [2.45, 2.75) is 13.5 Å². The van der Waals surface area contributed by atoms with Crippen molar-refractivity contribution < 1.29 is 9.18 Å². The van der Waals surface area contributed by atoms with Crippen molar-refractivity contribution in [2.75, 3.05) is 11.9 Å². The number of carbonyl (C=O) groups is 1. The van der Waals surface area contributed by atoms with Crippen LogP contribution < -0.4 is 10.5 Å². The van der Waals surface area contributed by atoms with Crippen molar-refractivity contribution in [3.63, 3.8) is 0 Å². The van der Waals surface area contributed by atoms with Crippen LogP contribution in [0.3, 0.4) is 0 Å². The fraction of sp³-hybridized carbons (Fsp3) is 0.115. The number of aromatic nitrogens is 2. The van der Waals surface area contributed by atoms with Crippen LogP contribution in [0.5, 0.6) is 0 Å². The molecule has 34 heavy (non-hydrogen) atoms. The van der Waals surface area contributed by atoms with Crippen molar-refractivity contribution in [3.8, 4) is 11.3 Å². The second-order valence-electron chi connectivity index (χ2n) is 7.77. The molecule has 2 aromatic carbocycles. The van der Waals surface area contributed by atoms with Gasteiger partial charge in [-0.3, -0.25) is 14.6 Å². The van der Waals surface area contributed by atoms with Gasteiger partial charge in [0, 0.05) is 36.1 Å². The molecule has 8 heteroatoms. The number of halogens is 3. The zero-order chi connectivity index (χ0) is 24.4. The Morgan fingerprint density at radius 3 is 2.44 bits per heavy atom. The van der Waals surface area contributed by atoms with Crippen molar-refractivity contribution in [1.82, 2.24) is 9.55 Å². The summed E-state index contributed by atoms with van der Waals surface area (Å²) in [5.74, 6) is -1.08. The molecule has 0 fully saturated rings. The van der Waals surface area contributed by atoms with E-state index in [1.54, 1.807) is 62.8 Å². The fourth-order valence-electron chi connectivity index (χ4n) is 3.83. The maximum atomic E-state index is 15.2. The van der Waals surface area contributed by atoms with E-state index in [1.165, 1.54) is 27.7 Å². The van der Waals surface area contributed by atoms with Crippen LogP contribution in [0.4, 0.5) is 10.1 Å². The van der Waals surface area contributed by atoms with Crippen LogP contribution in [-0.2, 0) is 6.54 Å². The molecule has 172 valence electrons. The maximum absolute atomic E-state index is 15.2. The van der Waals surface area contributed by atoms with E-state index in [4.69, 9.17) is 23.2 Å². The van der Waals surface area contributed by atoms with E-state index in [0.717, 1.165) is 11.6 Å². The molecule has 0 N–H and O–H groups in total. The summed E-state index contributed by atoms with van der Waals surface area (Å²) in [5, 5.41) is 0.596. The quantitative estimate of drug-likeness (QED) is 0.341. The Morgan fingerprint density at radius 1 is 1.06 bits per heavy atom. The minimum Gasteiger partial charge on any atom is -0.310 e. The minimum atomic E-state index is -0.643. The second kappa shape index (κ2) is 9.79. The Bertz CT molecular complexity index is 1440. The smallest absolute Gasteiger partial charge is 0.260 e. The third kappa shape index (κ3) is 4.60. The molecule has 0 unspecified atom stereocenters. The molecule has 0 aliphatic rings. The first-order valence-corrected chi connectivity index (χ1v) is 11.1. The highest BCUT2D eigenvalue weighted by Crippen LogP contribution is 2.32. The second-order valence-corrected chi connectivity index (χ2v) is 8.61. The number of anilines is 1. The topological polar surface area (TPSA) is 55.2 Å². The van der Waals surface area contributed by atoms with Gasteiger partial charge >= 0.3 is 0 Å². The Morgan fingerprint density at radius 2 is 1.76 bits per heavy atom. The molecule has 0 saturated heterocycles. The summed E-state index contributed by atoms with van der Waals surface area (Å²) in [6, 6.07) is 16.0. The Labute approximate surface area is 206 Å². The van der Waals surface area contributed by atoms with Gasteiger partial charge in [0.15, 0.2) is 0 Å². The van der Waals surface area contributed by atoms with Gasteiger partial charge in [-0.2, -0.15) is 0 Å². The standard InChI is InChI=1S/C26H20Cl2FN3O2/c1-16-13-23(33)32(15-17-9-11-30-12-10-17)25(19-8-7-18(27)14-21(19)29)24(16)26(34)31(2)22-6-4-3-5-20(22)28/h3-14H,15H2,1-2H3. The predicted octanol–water partition coefficient (Wildman–Crippen LogP) is 5.99. The molecule has 4 aromatic rings. The largest absolute Gasteiger partial charge is 0.310 e. The van der Waals surface area contributed by atoms with Gasteiger partial charge in [0.2, 0.25) is 0 Å². The van der Waals surface area contributed by atoms with E-state index in [9.17, 15) is 9.59 Å². The molecular formula is C26H20Cl2FN3O2. The van der Waals surface area contributed by atoms with E-state index in [0.29, 0.717) is 16.3 Å². The Kier molecular flexibility index (Phi) is 6.82. The van der Waals surface area contributed by atoms with Crippen molar-refractivity contribution >= 4 is 34.8 Å². The van der Waals surface area contributed by atoms with Gasteiger partial charge in [0.25, 0.3) is 11.5 Å². The third-order valence-electron chi connectivity index (χ3n) is 5.52. The van der Waals surface area contributed by atoms with Crippen molar-refractivity contribution in [3.05, 3.63) is 116 Å². The number of rotatable bonds is 5. The van der Waals surface area contributed by atoms with Crippen LogP contribution in [-0.4, -0.2) is 22.5 Å². The molecule has 0 bridgehead atoms. The molecule has 0 spiro atoms. The lowest BCUT2D eigenvalue weighted by Crippen LogP contribution is -2.32. The van der Waals surface area contributed by atoms with E-state index in [-0.39, 0.29) is 33.9 Å². The van der Waals surface area contributed by atoms with Gasteiger partial charge in [0.1, 0.15) is 5.82 Å². The molecular weight excluding hydrogens is 476 g/mol. The molecule has 0 atom stereocenters. The molecule has 5 nitrogen and oxygen atoms in total. The Hall–Kier alpha value is -3.48. The summed E-state index contributed by atoms with van der Waals surface area (Å²) in [7, 11) is 1.59. The average molecular weight is 496 g/mol. The number of para-hydroxylation sites is 1. The van der Waals surface area contributed by atoms with E-state index in [2.05, 4.69) is 4.98 Å². The van der Waals surface area contributed by atoms with E-state index in [1.807, 2.05) is 0 Å². The number of carbonyl (C=O) groups excluding carboxylic acids is 1. The maximum Gasteiger partial charge on any atom is 0.260 e. The van der Waals surface area contributed by atoms with E-state index < -0.39 is 11.7 Å². The fourth-order valence-corrected chi connectivity index (χ4v) is 4.25. The van der Waals surface area contributed by atoms with Crippen LogP contribution in [0.1, 0.15) is 21.5 Å². The lowest BCUT2D eigenvalue weighted by molar-refractivity contribution is 0.0992. The molecule has 4 rings (SSSR count). The van der Waals surface area contributed by atoms with Crippen LogP contribution in [0, 0.1) is 12.7 Å². The first-order chi connectivity index (χ1) is 16.3. The highest BCUT2D eigenvalue weighted by Gasteiger charge is 2.26. The van der Waals surface area contributed by atoms with Gasteiger partial charge in [-0.05, 0) is 60.5 Å². The van der Waals surface area contributed by atoms with E-state index >= 15 is 4.39 Å². The SMILES string of the molecule is Cc1cc(=O)n(Cc2ccncc2)c(-c2ccc(Cl)cc2F)c1C(=O)N(C)c1ccccc1Cl. The van der Waals surface area contributed by atoms with Gasteiger partial charge in [-0.1, -0.05) is 35.3 Å². The summed E-state index contributed by atoms with van der Waals surface area (Å²) in [6.07, 6.45) is 3.21. The molecule has 0 saturated carbocycles. The molecule has 2 aromatic heterocycles. The lowest BCUT2D eigenvalue weighted by Gasteiger charge is -2.24. The van der Waals surface area contributed by atoms with Crippen molar-refractivity contribution in [2.24, 2.45) is 0 Å². The minimum absolute atomic E-state index is 0.0927. The van der Waals surface area contributed by atoms with Crippen LogP contribution in [0.15, 0.2) is 77.9 Å². The normalized spacial score (nSPS) is 10.9. The zero-order valence-corrected chi connectivity index (χ0v) is 19.9. The molecule has 2 heterocycles. The summed E-state index contributed by atoms with van der Waals surface area (Å²) >= 11 is 12.3. The number of aryl methyl sites for hydroxylation is 1. The van der Waals surface area contributed by atoms with Gasteiger partial charge in [0.05, 0.1) is 28.5 Å². The number of nitrogens with zero attached hydrogens (tertiary/aromatic N) is 3. The monoisotopic (exact) mass is 495 g/mol. The zero-order valence-electron chi connectivity index (χ0n) is 18.4. The molecule has 0 aliphatic carbocycles. The first kappa shape index (κ1) is 23.7. The molecule has 1 amide bonds. The summed E-state index contributed by atoms with van der Waals surface area (Å²) in [4.78, 5) is 32.3. The molecule has 0 radical (unpaired) electrons. The first-order valence-electron chi connectivity index (χ1n) is 10.4. The van der Waals surface area contributed by atoms with Gasteiger partial charge in [-0.15, -0.1) is 0 Å². The number of benzene rings is 2. The predicted molar refractivity (Wildman–Crippen MR) is 133 cm³/mol. The van der Waals surface area contributed by atoms with Crippen LogP contribution >= 0.6 is 23.2 Å². The van der Waals surface area contributed by atoms with Crippen LogP contribution in [0.25, 0.3) is 11.3 Å². The summed E-state index contributed by atoms with van der Waals surface area (Å²) < 4.78 is 16.6. The van der Waals surface area contributed by atoms with Gasteiger partial charge < -0.3 is 9.47 Å².